The van der Waals surface area contributed by atoms with Gasteiger partial charge >= 0.3 is 0 Å². The van der Waals surface area contributed by atoms with E-state index in [2.05, 4.69) is 0 Å². The Hall–Kier alpha value is -1.18. The fourth-order valence-electron chi connectivity index (χ4n) is 3.30. The molecule has 2 bridgehead atoms. The summed E-state index contributed by atoms with van der Waals surface area (Å²) < 4.78 is 10.9. The number of methoxy groups -OCH3 is 2. The van der Waals surface area contributed by atoms with Crippen LogP contribution in [-0.4, -0.2) is 14.2 Å². The molecule has 0 N–H and O–H groups in total. The standard InChI is InChI=1S/C13H16O2/c1-14-10-5-6-11(15-2)13-9-4-3-8(7-9)12(10)13/h5-6,8-9H,3-4,7H2,1-2H3/t8-,9-/m1/s1. The quantitative estimate of drug-likeness (QED) is 0.737. The molecule has 2 heteroatoms. The molecule has 0 saturated heterocycles. The van der Waals surface area contributed by atoms with Crippen LogP contribution >= 0.6 is 0 Å². The molecule has 0 unspecified atom stereocenters. The van der Waals surface area contributed by atoms with Gasteiger partial charge in [-0.2, -0.15) is 0 Å². The molecule has 2 atom stereocenters. The van der Waals surface area contributed by atoms with Gasteiger partial charge < -0.3 is 9.47 Å². The highest BCUT2D eigenvalue weighted by Crippen LogP contribution is 2.58. The summed E-state index contributed by atoms with van der Waals surface area (Å²) in [7, 11) is 3.52. The molecular formula is C13H16O2. The lowest BCUT2D eigenvalue weighted by Gasteiger charge is -2.20. The summed E-state index contributed by atoms with van der Waals surface area (Å²) in [5.41, 5.74) is 2.85. The van der Waals surface area contributed by atoms with Crippen LogP contribution in [0.2, 0.25) is 0 Å². The van der Waals surface area contributed by atoms with E-state index in [1.807, 2.05) is 12.1 Å². The largest absolute Gasteiger partial charge is 0.496 e. The van der Waals surface area contributed by atoms with Crippen LogP contribution in [0.4, 0.5) is 0 Å². The Kier molecular flexibility index (Phi) is 1.91. The van der Waals surface area contributed by atoms with Gasteiger partial charge in [-0.3, -0.25) is 0 Å². The van der Waals surface area contributed by atoms with Crippen molar-refractivity contribution < 1.29 is 9.47 Å². The SMILES string of the molecule is COc1ccc(OC)c2c1[C@@H]1CC[C@@H]2C1. The van der Waals surface area contributed by atoms with E-state index >= 15 is 0 Å². The fourth-order valence-corrected chi connectivity index (χ4v) is 3.30. The van der Waals surface area contributed by atoms with Crippen LogP contribution in [0.15, 0.2) is 12.1 Å². The van der Waals surface area contributed by atoms with Gasteiger partial charge in [0.1, 0.15) is 11.5 Å². The lowest BCUT2D eigenvalue weighted by Crippen LogP contribution is -2.03. The minimum atomic E-state index is 0.718. The second kappa shape index (κ2) is 3.16. The highest BCUT2D eigenvalue weighted by molar-refractivity contribution is 5.56. The molecule has 80 valence electrons. The van der Waals surface area contributed by atoms with Gasteiger partial charge in [0.25, 0.3) is 0 Å². The number of hydrogen-bond donors (Lipinski definition) is 0. The van der Waals surface area contributed by atoms with E-state index < -0.39 is 0 Å². The summed E-state index contributed by atoms with van der Waals surface area (Å²) in [5.74, 6) is 3.54. The van der Waals surface area contributed by atoms with Crippen LogP contribution in [0.3, 0.4) is 0 Å². The molecule has 0 amide bonds. The Balaban J connectivity index is 2.21. The van der Waals surface area contributed by atoms with Crippen LogP contribution in [0.25, 0.3) is 0 Å². The molecule has 1 fully saturated rings. The van der Waals surface area contributed by atoms with E-state index in [9.17, 15) is 0 Å². The first-order chi connectivity index (χ1) is 7.35. The number of benzene rings is 1. The van der Waals surface area contributed by atoms with Gasteiger partial charge in [0, 0.05) is 11.1 Å². The van der Waals surface area contributed by atoms with Crippen molar-refractivity contribution in [3.05, 3.63) is 23.3 Å². The summed E-state index contributed by atoms with van der Waals surface area (Å²) in [6.45, 7) is 0. The highest BCUT2D eigenvalue weighted by atomic mass is 16.5. The van der Waals surface area contributed by atoms with Crippen LogP contribution in [-0.2, 0) is 0 Å². The normalized spacial score (nSPS) is 26.5. The molecule has 0 aromatic heterocycles. The van der Waals surface area contributed by atoms with E-state index in [0.717, 1.165) is 23.3 Å². The third-order valence-corrected chi connectivity index (χ3v) is 3.90. The van der Waals surface area contributed by atoms with E-state index in [-0.39, 0.29) is 0 Å². The van der Waals surface area contributed by atoms with Crippen molar-refractivity contribution in [2.75, 3.05) is 14.2 Å². The zero-order chi connectivity index (χ0) is 10.4. The summed E-state index contributed by atoms with van der Waals surface area (Å²) in [4.78, 5) is 0. The minimum absolute atomic E-state index is 0.718. The maximum atomic E-state index is 5.45. The fraction of sp³-hybridized carbons (Fsp3) is 0.538. The predicted octanol–water partition coefficient (Wildman–Crippen LogP) is 3.07. The van der Waals surface area contributed by atoms with Gasteiger partial charge in [0.15, 0.2) is 0 Å². The monoisotopic (exact) mass is 204 g/mol. The number of ether oxygens (including phenoxy) is 2. The molecule has 0 aliphatic heterocycles. The van der Waals surface area contributed by atoms with Gasteiger partial charge in [-0.25, -0.2) is 0 Å². The summed E-state index contributed by atoms with van der Waals surface area (Å²) in [6, 6.07) is 4.08. The van der Waals surface area contributed by atoms with Crippen molar-refractivity contribution in [2.24, 2.45) is 0 Å². The van der Waals surface area contributed by atoms with Gasteiger partial charge in [-0.15, -0.1) is 0 Å². The average molecular weight is 204 g/mol. The molecule has 3 rings (SSSR count). The second-order valence-electron chi connectivity index (χ2n) is 4.50. The van der Waals surface area contributed by atoms with E-state index in [0.29, 0.717) is 0 Å². The lowest BCUT2D eigenvalue weighted by atomic mass is 9.90. The number of fused-ring (bicyclic) bond motifs is 5. The Labute approximate surface area is 90.2 Å². The van der Waals surface area contributed by atoms with Gasteiger partial charge in [-0.05, 0) is 43.2 Å². The third kappa shape index (κ3) is 1.11. The molecule has 1 saturated carbocycles. The maximum absolute atomic E-state index is 5.45. The van der Waals surface area contributed by atoms with Crippen molar-refractivity contribution in [3.63, 3.8) is 0 Å². The number of hydrogen-bond acceptors (Lipinski definition) is 2. The first-order valence-electron chi connectivity index (χ1n) is 5.60. The van der Waals surface area contributed by atoms with Crippen LogP contribution < -0.4 is 9.47 Å². The molecule has 1 aromatic rings. The Morgan fingerprint density at radius 2 is 1.40 bits per heavy atom. The molecule has 2 nitrogen and oxygen atoms in total. The lowest BCUT2D eigenvalue weighted by molar-refractivity contribution is 0.391. The molecule has 15 heavy (non-hydrogen) atoms. The molecule has 0 radical (unpaired) electrons. The summed E-state index contributed by atoms with van der Waals surface area (Å²) >= 11 is 0. The molecule has 2 aliphatic rings. The Morgan fingerprint density at radius 1 is 0.933 bits per heavy atom. The van der Waals surface area contributed by atoms with Crippen molar-refractivity contribution in [2.45, 2.75) is 31.1 Å². The average Bonchev–Trinajstić information content (AvgIpc) is 2.88. The van der Waals surface area contributed by atoms with Crippen molar-refractivity contribution in [1.82, 2.24) is 0 Å². The second-order valence-corrected chi connectivity index (χ2v) is 4.50. The van der Waals surface area contributed by atoms with Crippen molar-refractivity contribution in [1.29, 1.82) is 0 Å². The molecule has 1 aromatic carbocycles. The Bertz CT molecular complexity index is 361. The van der Waals surface area contributed by atoms with Crippen LogP contribution in [0.5, 0.6) is 11.5 Å². The Morgan fingerprint density at radius 3 is 1.80 bits per heavy atom. The zero-order valence-electron chi connectivity index (χ0n) is 9.25. The van der Waals surface area contributed by atoms with Gasteiger partial charge in [0.2, 0.25) is 0 Å². The predicted molar refractivity (Wildman–Crippen MR) is 58.9 cm³/mol. The zero-order valence-corrected chi connectivity index (χ0v) is 9.25. The molecule has 0 heterocycles. The first-order valence-corrected chi connectivity index (χ1v) is 5.60. The van der Waals surface area contributed by atoms with Crippen LogP contribution in [0.1, 0.15) is 42.2 Å². The topological polar surface area (TPSA) is 18.5 Å². The first kappa shape index (κ1) is 9.08. The van der Waals surface area contributed by atoms with Crippen molar-refractivity contribution >= 4 is 0 Å². The van der Waals surface area contributed by atoms with E-state index in [1.165, 1.54) is 30.4 Å². The van der Waals surface area contributed by atoms with E-state index in [1.54, 1.807) is 14.2 Å². The minimum Gasteiger partial charge on any atom is -0.496 e. The van der Waals surface area contributed by atoms with Crippen LogP contribution in [0, 0.1) is 0 Å². The smallest absolute Gasteiger partial charge is 0.122 e. The van der Waals surface area contributed by atoms with Crippen molar-refractivity contribution in [3.8, 4) is 11.5 Å². The summed E-state index contributed by atoms with van der Waals surface area (Å²) in [5, 5.41) is 0. The molecule has 0 spiro atoms. The molecular weight excluding hydrogens is 188 g/mol. The van der Waals surface area contributed by atoms with Gasteiger partial charge in [-0.1, -0.05) is 0 Å². The third-order valence-electron chi connectivity index (χ3n) is 3.90. The van der Waals surface area contributed by atoms with Gasteiger partial charge in [0.05, 0.1) is 14.2 Å². The molecule has 2 aliphatic carbocycles. The maximum Gasteiger partial charge on any atom is 0.122 e. The number of rotatable bonds is 2. The van der Waals surface area contributed by atoms with E-state index in [4.69, 9.17) is 9.47 Å². The highest BCUT2D eigenvalue weighted by Gasteiger charge is 2.40. The summed E-state index contributed by atoms with van der Waals surface area (Å²) in [6.07, 6.45) is 3.94.